The number of carbonyl (C=O) groups excluding carboxylic acids is 1. The van der Waals surface area contributed by atoms with Crippen LogP contribution in [0.4, 0.5) is 0 Å². The monoisotopic (exact) mass is 283 g/mol. The largest absolute Gasteiger partial charge is 0.495 e. The van der Waals surface area contributed by atoms with E-state index in [9.17, 15) is 4.79 Å². The number of hydrogen-bond donors (Lipinski definition) is 0. The molecule has 0 N–H and O–H groups in total. The zero-order valence-electron chi connectivity index (χ0n) is 12.1. The van der Waals surface area contributed by atoms with Gasteiger partial charge >= 0.3 is 0 Å². The second kappa shape index (κ2) is 7.51. The minimum atomic E-state index is 0.0895. The standard InChI is InChI=1S/C15H22ClNO2/c1-5-8-17(11(2)3)10-14(18)12-6-7-15(19-4)13(16)9-12/h6-7,9,11H,5,8,10H2,1-4H3. The summed E-state index contributed by atoms with van der Waals surface area (Å²) >= 11 is 6.04. The highest BCUT2D eigenvalue weighted by Gasteiger charge is 2.15. The maximum atomic E-state index is 12.2. The van der Waals surface area contributed by atoms with Gasteiger partial charge in [0.1, 0.15) is 5.75 Å². The first-order chi connectivity index (χ1) is 8.99. The highest BCUT2D eigenvalue weighted by Crippen LogP contribution is 2.25. The molecule has 0 saturated heterocycles. The fraction of sp³-hybridized carbons (Fsp3) is 0.533. The Kier molecular flexibility index (Phi) is 6.32. The maximum Gasteiger partial charge on any atom is 0.176 e. The molecule has 0 heterocycles. The molecule has 0 aliphatic rings. The first kappa shape index (κ1) is 16.0. The number of ether oxygens (including phenoxy) is 1. The maximum absolute atomic E-state index is 12.2. The Bertz CT molecular complexity index is 432. The lowest BCUT2D eigenvalue weighted by Gasteiger charge is -2.25. The number of ketones is 1. The second-order valence-electron chi connectivity index (χ2n) is 4.84. The number of rotatable bonds is 7. The van der Waals surface area contributed by atoms with Crippen molar-refractivity contribution in [2.45, 2.75) is 33.2 Å². The van der Waals surface area contributed by atoms with Crippen LogP contribution in [0.3, 0.4) is 0 Å². The van der Waals surface area contributed by atoms with E-state index in [-0.39, 0.29) is 5.78 Å². The van der Waals surface area contributed by atoms with Crippen LogP contribution in [-0.2, 0) is 0 Å². The molecule has 0 aromatic heterocycles. The summed E-state index contributed by atoms with van der Waals surface area (Å²) in [6, 6.07) is 5.53. The Morgan fingerprint density at radius 1 is 1.42 bits per heavy atom. The van der Waals surface area contributed by atoms with E-state index in [0.29, 0.717) is 28.9 Å². The molecular weight excluding hydrogens is 262 g/mol. The lowest BCUT2D eigenvalue weighted by atomic mass is 10.1. The summed E-state index contributed by atoms with van der Waals surface area (Å²) < 4.78 is 5.08. The summed E-state index contributed by atoms with van der Waals surface area (Å²) in [6.45, 7) is 7.67. The average Bonchev–Trinajstić information content (AvgIpc) is 2.37. The van der Waals surface area contributed by atoms with Crippen LogP contribution in [0.2, 0.25) is 5.02 Å². The van der Waals surface area contributed by atoms with Gasteiger partial charge in [-0.3, -0.25) is 9.69 Å². The molecule has 0 aliphatic carbocycles. The fourth-order valence-corrected chi connectivity index (χ4v) is 2.18. The van der Waals surface area contributed by atoms with Crippen molar-refractivity contribution in [1.82, 2.24) is 4.90 Å². The van der Waals surface area contributed by atoms with Crippen molar-refractivity contribution in [1.29, 1.82) is 0 Å². The van der Waals surface area contributed by atoms with Gasteiger partial charge in [0.15, 0.2) is 5.78 Å². The zero-order chi connectivity index (χ0) is 14.4. The number of halogens is 1. The normalized spacial score (nSPS) is 11.1. The third-order valence-corrected chi connectivity index (χ3v) is 3.36. The third kappa shape index (κ3) is 4.51. The van der Waals surface area contributed by atoms with Crippen LogP contribution in [-0.4, -0.2) is 36.9 Å². The minimum Gasteiger partial charge on any atom is -0.495 e. The summed E-state index contributed by atoms with van der Waals surface area (Å²) in [5.74, 6) is 0.680. The first-order valence-electron chi connectivity index (χ1n) is 6.60. The minimum absolute atomic E-state index is 0.0895. The van der Waals surface area contributed by atoms with Crippen LogP contribution in [0.5, 0.6) is 5.75 Å². The van der Waals surface area contributed by atoms with Crippen LogP contribution in [0.15, 0.2) is 18.2 Å². The molecule has 0 saturated carbocycles. The summed E-state index contributed by atoms with van der Waals surface area (Å²) in [7, 11) is 1.56. The number of methoxy groups -OCH3 is 1. The average molecular weight is 284 g/mol. The molecule has 0 radical (unpaired) electrons. The Balaban J connectivity index is 2.79. The number of nitrogens with zero attached hydrogens (tertiary/aromatic N) is 1. The highest BCUT2D eigenvalue weighted by atomic mass is 35.5. The fourth-order valence-electron chi connectivity index (χ4n) is 1.92. The topological polar surface area (TPSA) is 29.5 Å². The second-order valence-corrected chi connectivity index (χ2v) is 5.24. The van der Waals surface area contributed by atoms with Crippen LogP contribution in [0.25, 0.3) is 0 Å². The molecular formula is C15H22ClNO2. The van der Waals surface area contributed by atoms with Gasteiger partial charge < -0.3 is 4.74 Å². The molecule has 1 rings (SSSR count). The van der Waals surface area contributed by atoms with E-state index in [1.807, 2.05) is 0 Å². The molecule has 0 aliphatic heterocycles. The predicted molar refractivity (Wildman–Crippen MR) is 79.3 cm³/mol. The predicted octanol–water partition coefficient (Wildman–Crippen LogP) is 3.65. The Morgan fingerprint density at radius 2 is 2.11 bits per heavy atom. The molecule has 3 nitrogen and oxygen atoms in total. The van der Waals surface area contributed by atoms with Crippen molar-refractivity contribution >= 4 is 17.4 Å². The first-order valence-corrected chi connectivity index (χ1v) is 6.98. The van der Waals surface area contributed by atoms with Gasteiger partial charge in [-0.25, -0.2) is 0 Å². The number of Topliss-reactive ketones (excluding diaryl/α,β-unsaturated/α-hetero) is 1. The molecule has 0 amide bonds. The van der Waals surface area contributed by atoms with E-state index in [1.54, 1.807) is 25.3 Å². The van der Waals surface area contributed by atoms with Crippen LogP contribution in [0, 0.1) is 0 Å². The lowest BCUT2D eigenvalue weighted by molar-refractivity contribution is 0.0906. The van der Waals surface area contributed by atoms with Crippen LogP contribution < -0.4 is 4.74 Å². The van der Waals surface area contributed by atoms with Crippen molar-refractivity contribution in [2.24, 2.45) is 0 Å². The lowest BCUT2D eigenvalue weighted by Crippen LogP contribution is -2.36. The van der Waals surface area contributed by atoms with Gasteiger partial charge in [-0.15, -0.1) is 0 Å². The molecule has 0 spiro atoms. The molecule has 0 unspecified atom stereocenters. The zero-order valence-corrected chi connectivity index (χ0v) is 12.8. The Morgan fingerprint density at radius 3 is 2.58 bits per heavy atom. The van der Waals surface area contributed by atoms with Crippen LogP contribution in [0.1, 0.15) is 37.6 Å². The van der Waals surface area contributed by atoms with Gasteiger partial charge in [0.25, 0.3) is 0 Å². The molecule has 19 heavy (non-hydrogen) atoms. The highest BCUT2D eigenvalue weighted by molar-refractivity contribution is 6.32. The van der Waals surface area contributed by atoms with E-state index in [1.165, 1.54) is 0 Å². The van der Waals surface area contributed by atoms with E-state index < -0.39 is 0 Å². The summed E-state index contributed by atoms with van der Waals surface area (Å²) in [6.07, 6.45) is 1.04. The van der Waals surface area contributed by atoms with Gasteiger partial charge in [0.2, 0.25) is 0 Å². The van der Waals surface area contributed by atoms with Gasteiger partial charge in [-0.1, -0.05) is 18.5 Å². The molecule has 1 aromatic rings. The number of benzene rings is 1. The summed E-state index contributed by atoms with van der Waals surface area (Å²) in [5, 5.41) is 0.472. The SMILES string of the molecule is CCCN(CC(=O)c1ccc(OC)c(Cl)c1)C(C)C. The van der Waals surface area contributed by atoms with E-state index in [0.717, 1.165) is 13.0 Å². The van der Waals surface area contributed by atoms with Gasteiger partial charge in [0, 0.05) is 11.6 Å². The Labute approximate surface area is 120 Å². The number of hydrogen-bond acceptors (Lipinski definition) is 3. The van der Waals surface area contributed by atoms with E-state index >= 15 is 0 Å². The summed E-state index contributed by atoms with van der Waals surface area (Å²) in [5.41, 5.74) is 0.632. The molecule has 0 fully saturated rings. The van der Waals surface area contributed by atoms with E-state index in [2.05, 4.69) is 25.7 Å². The van der Waals surface area contributed by atoms with E-state index in [4.69, 9.17) is 16.3 Å². The van der Waals surface area contributed by atoms with Crippen LogP contribution >= 0.6 is 11.6 Å². The third-order valence-electron chi connectivity index (χ3n) is 3.06. The smallest absolute Gasteiger partial charge is 0.176 e. The van der Waals surface area contributed by atoms with Crippen molar-refractivity contribution < 1.29 is 9.53 Å². The number of carbonyl (C=O) groups is 1. The van der Waals surface area contributed by atoms with Crippen molar-refractivity contribution in [2.75, 3.05) is 20.2 Å². The molecule has 4 heteroatoms. The Hall–Kier alpha value is -1.06. The summed E-state index contributed by atoms with van der Waals surface area (Å²) in [4.78, 5) is 14.4. The van der Waals surface area contributed by atoms with Gasteiger partial charge in [0.05, 0.1) is 18.7 Å². The molecule has 0 bridgehead atoms. The van der Waals surface area contributed by atoms with Gasteiger partial charge in [-0.05, 0) is 45.0 Å². The quantitative estimate of drug-likeness (QED) is 0.716. The van der Waals surface area contributed by atoms with Crippen molar-refractivity contribution in [3.8, 4) is 5.75 Å². The molecule has 106 valence electrons. The van der Waals surface area contributed by atoms with Crippen molar-refractivity contribution in [3.63, 3.8) is 0 Å². The van der Waals surface area contributed by atoms with Crippen molar-refractivity contribution in [3.05, 3.63) is 28.8 Å². The molecule has 0 atom stereocenters. The molecule has 1 aromatic carbocycles. The van der Waals surface area contributed by atoms with Gasteiger partial charge in [-0.2, -0.15) is 0 Å².